The number of benzene rings is 1. The van der Waals surface area contributed by atoms with Crippen molar-refractivity contribution in [3.63, 3.8) is 0 Å². The van der Waals surface area contributed by atoms with Gasteiger partial charge >= 0.3 is 0 Å². The average Bonchev–Trinajstić information content (AvgIpc) is 2.59. The zero-order valence-corrected chi connectivity index (χ0v) is 20.2. The van der Waals surface area contributed by atoms with Gasteiger partial charge in [0.05, 0.1) is 7.11 Å². The number of ether oxygens (including phenoxy) is 1. The molecule has 1 amide bonds. The molecule has 0 aliphatic carbocycles. The van der Waals surface area contributed by atoms with Gasteiger partial charge in [0.1, 0.15) is 6.10 Å². The quantitative estimate of drug-likeness (QED) is 0.218. The second-order valence-corrected chi connectivity index (χ2v) is 6.39. The van der Waals surface area contributed by atoms with Crippen molar-refractivity contribution >= 4 is 17.5 Å². The molecule has 0 radical (unpaired) electrons. The van der Waals surface area contributed by atoms with E-state index in [2.05, 4.69) is 5.32 Å². The van der Waals surface area contributed by atoms with Crippen molar-refractivity contribution < 1.29 is 45.8 Å². The van der Waals surface area contributed by atoms with Crippen molar-refractivity contribution in [1.82, 2.24) is 5.32 Å². The van der Waals surface area contributed by atoms with Crippen LogP contribution in [0.4, 0.5) is 0 Å². The van der Waals surface area contributed by atoms with Crippen LogP contribution in [-0.4, -0.2) is 30.8 Å². The fourth-order valence-electron chi connectivity index (χ4n) is 2.34. The van der Waals surface area contributed by atoms with E-state index in [-0.39, 0.29) is 37.0 Å². The smallest absolute Gasteiger partial charge is 0.246 e. The van der Waals surface area contributed by atoms with Crippen molar-refractivity contribution in [2.45, 2.75) is 26.4 Å². The molecule has 0 saturated carbocycles. The standard InChI is InChI=1S/C19H26ClN2O3.U/c1-13(20)9-16(14(2)25-3)11-22-12-17(18(23)19(21)24)10-15-7-5-4-6-8-15;/h4-9,11,17-18,22-23H,10,12H2,1-3H3,(H2,21,24);/q-1;/b13-9+,16-14-;. The van der Waals surface area contributed by atoms with Gasteiger partial charge in [0.2, 0.25) is 5.91 Å². The number of allylic oxidation sites excluding steroid dienone is 2. The Kier molecular flexibility index (Phi) is 12.8. The van der Waals surface area contributed by atoms with Crippen LogP contribution in [0.25, 0.3) is 0 Å². The van der Waals surface area contributed by atoms with Crippen LogP contribution < -0.4 is 11.1 Å². The zero-order chi connectivity index (χ0) is 18.8. The number of hydrogen-bond acceptors (Lipinski definition) is 4. The average molecular weight is 604 g/mol. The largest absolute Gasteiger partial charge is 0.558 e. The Morgan fingerprint density at radius 2 is 2.00 bits per heavy atom. The Bertz CT molecular complexity index is 616. The molecule has 2 unspecified atom stereocenters. The van der Waals surface area contributed by atoms with E-state index in [0.29, 0.717) is 23.8 Å². The van der Waals surface area contributed by atoms with Gasteiger partial charge in [-0.05, 0) is 36.2 Å². The maximum absolute atomic E-state index is 11.4. The summed E-state index contributed by atoms with van der Waals surface area (Å²) >= 11 is 5.94. The van der Waals surface area contributed by atoms with Crippen molar-refractivity contribution in [3.05, 3.63) is 64.9 Å². The molecule has 0 heterocycles. The summed E-state index contributed by atoms with van der Waals surface area (Å²) < 4.78 is 5.23. The maximum atomic E-state index is 11.4. The van der Waals surface area contributed by atoms with Crippen molar-refractivity contribution in [1.29, 1.82) is 0 Å². The Morgan fingerprint density at radius 3 is 2.50 bits per heavy atom. The number of halogens is 1. The predicted octanol–water partition coefficient (Wildman–Crippen LogP) is 2.51. The number of carbonyl (C=O) groups excluding carboxylic acids is 1. The van der Waals surface area contributed by atoms with Gasteiger partial charge in [-0.15, -0.1) is 29.8 Å². The number of aliphatic hydroxyl groups is 1. The molecule has 0 aliphatic heterocycles. The summed E-state index contributed by atoms with van der Waals surface area (Å²) in [5.74, 6) is -0.396. The molecule has 1 aromatic rings. The number of rotatable bonds is 10. The van der Waals surface area contributed by atoms with E-state index in [1.54, 1.807) is 26.7 Å². The fraction of sp³-hybridized carbons (Fsp3) is 0.368. The summed E-state index contributed by atoms with van der Waals surface area (Å²) in [6.45, 7) is 5.71. The Labute approximate surface area is 184 Å². The van der Waals surface area contributed by atoms with Crippen LogP contribution in [0, 0.1) is 43.6 Å². The molecule has 2 atom stereocenters. The van der Waals surface area contributed by atoms with E-state index >= 15 is 0 Å². The first-order chi connectivity index (χ1) is 11.8. The monoisotopic (exact) mass is 603 g/mol. The molecular formula is C19H26ClN2O3U-. The summed E-state index contributed by atoms with van der Waals surface area (Å²) in [6, 6.07) is 9.65. The fourth-order valence-corrected chi connectivity index (χ4v) is 2.46. The van der Waals surface area contributed by atoms with Gasteiger partial charge < -0.3 is 20.9 Å². The van der Waals surface area contributed by atoms with E-state index in [9.17, 15) is 9.90 Å². The number of aliphatic hydroxyl groups excluding tert-OH is 1. The van der Waals surface area contributed by atoms with Crippen LogP contribution in [0.5, 0.6) is 0 Å². The third-order valence-corrected chi connectivity index (χ3v) is 3.89. The van der Waals surface area contributed by atoms with Crippen LogP contribution >= 0.6 is 11.6 Å². The molecule has 1 aromatic carbocycles. The summed E-state index contributed by atoms with van der Waals surface area (Å²) in [5.41, 5.74) is 7.08. The molecular weight excluding hydrogens is 578 g/mol. The van der Waals surface area contributed by atoms with Crippen molar-refractivity contribution in [2.75, 3.05) is 13.7 Å². The van der Waals surface area contributed by atoms with Gasteiger partial charge in [0.25, 0.3) is 0 Å². The predicted molar refractivity (Wildman–Crippen MR) is 100 cm³/mol. The first-order valence-electron chi connectivity index (χ1n) is 8.01. The topological polar surface area (TPSA) is 84.6 Å². The molecule has 0 aliphatic rings. The molecule has 0 fully saturated rings. The van der Waals surface area contributed by atoms with Crippen LogP contribution in [-0.2, 0) is 16.0 Å². The first-order valence-corrected chi connectivity index (χ1v) is 8.39. The minimum absolute atomic E-state index is 0. The number of amides is 1. The van der Waals surface area contributed by atoms with Gasteiger partial charge in [0, 0.05) is 37.0 Å². The second kappa shape index (κ2) is 13.3. The molecule has 7 heteroatoms. The Hall–Kier alpha value is -0.898. The van der Waals surface area contributed by atoms with E-state index < -0.39 is 12.0 Å². The van der Waals surface area contributed by atoms with Crippen molar-refractivity contribution in [2.24, 2.45) is 11.7 Å². The zero-order valence-electron chi connectivity index (χ0n) is 15.3. The van der Waals surface area contributed by atoms with Crippen molar-refractivity contribution in [3.8, 4) is 0 Å². The third-order valence-electron chi connectivity index (χ3n) is 3.78. The summed E-state index contributed by atoms with van der Waals surface area (Å²) in [4.78, 5) is 11.4. The molecule has 142 valence electrons. The first kappa shape index (κ1) is 25.1. The van der Waals surface area contributed by atoms with Crippen LogP contribution in [0.1, 0.15) is 19.4 Å². The molecule has 0 spiro atoms. The SMILES string of the molecule is CO/C(C)=C(/C=C(\C)Cl)[CH-]NCC(Cc1ccccc1)C(O)C(N)=O.[U]. The molecule has 1 rings (SSSR count). The summed E-state index contributed by atoms with van der Waals surface area (Å²) in [7, 11) is 1.58. The third kappa shape index (κ3) is 9.16. The molecule has 0 aromatic heterocycles. The van der Waals surface area contributed by atoms with Gasteiger partial charge in [0.15, 0.2) is 0 Å². The number of nitrogens with two attached hydrogens (primary N) is 1. The van der Waals surface area contributed by atoms with Gasteiger partial charge in [-0.25, -0.2) is 0 Å². The summed E-state index contributed by atoms with van der Waals surface area (Å²) in [5, 5.41) is 13.9. The van der Waals surface area contributed by atoms with E-state index in [1.165, 1.54) is 0 Å². The molecule has 26 heavy (non-hydrogen) atoms. The number of hydrogen-bond donors (Lipinski definition) is 3. The molecule has 0 bridgehead atoms. The minimum atomic E-state index is -1.23. The maximum Gasteiger partial charge on any atom is 0.246 e. The van der Waals surface area contributed by atoms with Crippen LogP contribution in [0.15, 0.2) is 52.8 Å². The number of carbonyl (C=O) groups is 1. The second-order valence-electron chi connectivity index (χ2n) is 5.80. The van der Waals surface area contributed by atoms with Crippen LogP contribution in [0.3, 0.4) is 0 Å². The van der Waals surface area contributed by atoms with Gasteiger partial charge in [-0.1, -0.05) is 37.3 Å². The Morgan fingerprint density at radius 1 is 1.38 bits per heavy atom. The normalized spacial score (nSPS) is 14.6. The van der Waals surface area contributed by atoms with E-state index in [4.69, 9.17) is 22.1 Å². The molecule has 0 saturated heterocycles. The Balaban J connectivity index is 0.00000625. The molecule has 5 nitrogen and oxygen atoms in total. The van der Waals surface area contributed by atoms with E-state index in [1.807, 2.05) is 37.3 Å². The van der Waals surface area contributed by atoms with Crippen LogP contribution in [0.2, 0.25) is 0 Å². The van der Waals surface area contributed by atoms with Gasteiger partial charge in [-0.2, -0.15) is 0 Å². The summed E-state index contributed by atoms with van der Waals surface area (Å²) in [6.07, 6.45) is 1.06. The number of methoxy groups -OCH3 is 1. The number of primary amides is 1. The molecule has 4 N–H and O–H groups in total. The number of nitrogens with one attached hydrogen (secondary N) is 1. The minimum Gasteiger partial charge on any atom is -0.558 e. The van der Waals surface area contributed by atoms with E-state index in [0.717, 1.165) is 11.1 Å². The van der Waals surface area contributed by atoms with Gasteiger partial charge in [-0.3, -0.25) is 4.79 Å².